The lowest BCUT2D eigenvalue weighted by atomic mass is 9.97. The topological polar surface area (TPSA) is 46.5 Å². The zero-order chi connectivity index (χ0) is 16.5. The summed E-state index contributed by atoms with van der Waals surface area (Å²) in [5, 5.41) is 13.1. The van der Waals surface area contributed by atoms with Crippen molar-refractivity contribution >= 4 is 27.5 Å². The first-order valence-corrected chi connectivity index (χ1v) is 7.64. The van der Waals surface area contributed by atoms with Gasteiger partial charge in [0.1, 0.15) is 11.5 Å². The molecule has 0 aromatic heterocycles. The molecule has 0 spiro atoms. The van der Waals surface area contributed by atoms with Gasteiger partial charge in [-0.25, -0.2) is 4.79 Å². The maximum absolute atomic E-state index is 12.8. The highest BCUT2D eigenvalue weighted by Gasteiger charge is 2.16. The molecular formula is C21H14O3. The van der Waals surface area contributed by atoms with E-state index in [4.69, 9.17) is 4.74 Å². The van der Waals surface area contributed by atoms with E-state index in [2.05, 4.69) is 6.07 Å². The predicted molar refractivity (Wildman–Crippen MR) is 94.5 cm³/mol. The number of benzene rings is 4. The molecule has 4 aromatic rings. The SMILES string of the molecule is O=C(Oc1ccc(O)cc1)c1c2ccccc2cc2ccccc12. The molecule has 1 N–H and O–H groups in total. The molecule has 0 radical (unpaired) electrons. The van der Waals surface area contributed by atoms with Crippen LogP contribution in [0.5, 0.6) is 11.5 Å². The van der Waals surface area contributed by atoms with E-state index in [-0.39, 0.29) is 5.75 Å². The van der Waals surface area contributed by atoms with Gasteiger partial charge in [0, 0.05) is 0 Å². The lowest BCUT2D eigenvalue weighted by molar-refractivity contribution is 0.0738. The molecule has 0 amide bonds. The number of esters is 1. The quantitative estimate of drug-likeness (QED) is 0.324. The molecule has 0 fully saturated rings. The molecule has 0 aliphatic heterocycles. The summed E-state index contributed by atoms with van der Waals surface area (Å²) in [7, 11) is 0. The highest BCUT2D eigenvalue weighted by Crippen LogP contribution is 2.29. The summed E-state index contributed by atoms with van der Waals surface area (Å²) in [5.41, 5.74) is 0.553. The molecule has 0 aliphatic carbocycles. The van der Waals surface area contributed by atoms with Crippen LogP contribution in [0.1, 0.15) is 10.4 Å². The van der Waals surface area contributed by atoms with Gasteiger partial charge in [0.25, 0.3) is 0 Å². The van der Waals surface area contributed by atoms with Crippen LogP contribution in [0.4, 0.5) is 0 Å². The molecule has 4 rings (SSSR count). The minimum atomic E-state index is -0.409. The van der Waals surface area contributed by atoms with Gasteiger partial charge in [-0.15, -0.1) is 0 Å². The number of carbonyl (C=O) groups is 1. The van der Waals surface area contributed by atoms with Gasteiger partial charge in [-0.05, 0) is 51.9 Å². The highest BCUT2D eigenvalue weighted by molar-refractivity contribution is 6.16. The Bertz CT molecular complexity index is 996. The van der Waals surface area contributed by atoms with Gasteiger partial charge in [-0.2, -0.15) is 0 Å². The van der Waals surface area contributed by atoms with Crippen molar-refractivity contribution in [2.75, 3.05) is 0 Å². The Hall–Kier alpha value is -3.33. The second kappa shape index (κ2) is 5.70. The van der Waals surface area contributed by atoms with Crippen LogP contribution in [0.3, 0.4) is 0 Å². The summed E-state index contributed by atoms with van der Waals surface area (Å²) in [4.78, 5) is 12.8. The second-order valence-electron chi connectivity index (χ2n) is 5.58. The molecule has 0 bridgehead atoms. The first kappa shape index (κ1) is 14.3. The van der Waals surface area contributed by atoms with E-state index < -0.39 is 5.97 Å². The Morgan fingerprint density at radius 1 is 0.750 bits per heavy atom. The van der Waals surface area contributed by atoms with E-state index in [0.717, 1.165) is 21.5 Å². The van der Waals surface area contributed by atoms with Crippen molar-refractivity contribution in [2.24, 2.45) is 0 Å². The standard InChI is InChI=1S/C21H14O3/c22-16-9-11-17(12-10-16)24-21(23)20-18-7-3-1-5-14(18)13-15-6-2-4-8-19(15)20/h1-13,22H. The van der Waals surface area contributed by atoms with Crippen molar-refractivity contribution in [1.82, 2.24) is 0 Å². The number of phenolic OH excluding ortho intramolecular Hbond substituents is 1. The van der Waals surface area contributed by atoms with E-state index >= 15 is 0 Å². The third-order valence-corrected chi connectivity index (χ3v) is 4.02. The van der Waals surface area contributed by atoms with Crippen LogP contribution in [0.15, 0.2) is 78.9 Å². The zero-order valence-corrected chi connectivity index (χ0v) is 12.8. The van der Waals surface area contributed by atoms with Crippen LogP contribution in [-0.2, 0) is 0 Å². The maximum Gasteiger partial charge on any atom is 0.344 e. The molecule has 0 atom stereocenters. The number of phenols is 1. The van der Waals surface area contributed by atoms with Gasteiger partial charge < -0.3 is 9.84 Å². The number of ether oxygens (including phenoxy) is 1. The molecule has 4 aromatic carbocycles. The Balaban J connectivity index is 1.89. The number of rotatable bonds is 2. The highest BCUT2D eigenvalue weighted by atomic mass is 16.5. The van der Waals surface area contributed by atoms with E-state index in [0.29, 0.717) is 11.3 Å². The van der Waals surface area contributed by atoms with Crippen LogP contribution < -0.4 is 4.74 Å². The first-order chi connectivity index (χ1) is 11.7. The molecule has 0 saturated heterocycles. The predicted octanol–water partition coefficient (Wildman–Crippen LogP) is 4.92. The largest absolute Gasteiger partial charge is 0.508 e. The van der Waals surface area contributed by atoms with Crippen LogP contribution in [0, 0.1) is 0 Å². The van der Waals surface area contributed by atoms with Crippen molar-refractivity contribution in [3.63, 3.8) is 0 Å². The fraction of sp³-hybridized carbons (Fsp3) is 0. The summed E-state index contributed by atoms with van der Waals surface area (Å²) < 4.78 is 5.52. The monoisotopic (exact) mass is 314 g/mol. The van der Waals surface area contributed by atoms with Crippen LogP contribution in [0.2, 0.25) is 0 Å². The Labute approximate surface area is 138 Å². The summed E-state index contributed by atoms with van der Waals surface area (Å²) >= 11 is 0. The lowest BCUT2D eigenvalue weighted by Gasteiger charge is -2.11. The molecule has 0 heterocycles. The number of hydrogen-bond donors (Lipinski definition) is 1. The molecule has 0 saturated carbocycles. The average molecular weight is 314 g/mol. The maximum atomic E-state index is 12.8. The van der Waals surface area contributed by atoms with Gasteiger partial charge in [0.15, 0.2) is 0 Å². The Kier molecular flexibility index (Phi) is 3.39. The second-order valence-corrected chi connectivity index (χ2v) is 5.58. The fourth-order valence-corrected chi connectivity index (χ4v) is 2.91. The number of hydrogen-bond acceptors (Lipinski definition) is 3. The molecule has 0 aliphatic rings. The van der Waals surface area contributed by atoms with Crippen molar-refractivity contribution in [3.05, 3.63) is 84.4 Å². The van der Waals surface area contributed by atoms with Crippen molar-refractivity contribution in [3.8, 4) is 11.5 Å². The molecule has 0 unspecified atom stereocenters. The average Bonchev–Trinajstić information content (AvgIpc) is 2.61. The number of aromatic hydroxyl groups is 1. The summed E-state index contributed by atoms with van der Waals surface area (Å²) in [6.45, 7) is 0. The Morgan fingerprint density at radius 2 is 1.29 bits per heavy atom. The third kappa shape index (κ3) is 2.46. The fourth-order valence-electron chi connectivity index (χ4n) is 2.91. The van der Waals surface area contributed by atoms with Crippen LogP contribution in [-0.4, -0.2) is 11.1 Å². The van der Waals surface area contributed by atoms with Gasteiger partial charge >= 0.3 is 5.97 Å². The van der Waals surface area contributed by atoms with Gasteiger partial charge in [0.05, 0.1) is 5.56 Å². The van der Waals surface area contributed by atoms with Crippen molar-refractivity contribution in [1.29, 1.82) is 0 Å². The van der Waals surface area contributed by atoms with Crippen molar-refractivity contribution < 1.29 is 14.6 Å². The van der Waals surface area contributed by atoms with E-state index in [1.807, 2.05) is 48.5 Å². The number of fused-ring (bicyclic) bond motifs is 2. The minimum absolute atomic E-state index is 0.130. The van der Waals surface area contributed by atoms with Crippen LogP contribution >= 0.6 is 0 Å². The first-order valence-electron chi connectivity index (χ1n) is 7.64. The number of carbonyl (C=O) groups excluding carboxylic acids is 1. The lowest BCUT2D eigenvalue weighted by Crippen LogP contribution is -2.10. The van der Waals surface area contributed by atoms with E-state index in [1.165, 1.54) is 12.1 Å². The molecule has 3 heteroatoms. The normalized spacial score (nSPS) is 10.8. The smallest absolute Gasteiger partial charge is 0.344 e. The third-order valence-electron chi connectivity index (χ3n) is 4.02. The molecule has 3 nitrogen and oxygen atoms in total. The summed E-state index contributed by atoms with van der Waals surface area (Å²) in [5.74, 6) is 0.119. The molecule has 116 valence electrons. The molecular weight excluding hydrogens is 300 g/mol. The van der Waals surface area contributed by atoms with Crippen LogP contribution in [0.25, 0.3) is 21.5 Å². The summed E-state index contributed by atoms with van der Waals surface area (Å²) in [6.07, 6.45) is 0. The van der Waals surface area contributed by atoms with E-state index in [1.54, 1.807) is 12.1 Å². The molecule has 24 heavy (non-hydrogen) atoms. The minimum Gasteiger partial charge on any atom is -0.508 e. The van der Waals surface area contributed by atoms with Crippen molar-refractivity contribution in [2.45, 2.75) is 0 Å². The van der Waals surface area contributed by atoms with Gasteiger partial charge in [-0.1, -0.05) is 48.5 Å². The van der Waals surface area contributed by atoms with Gasteiger partial charge in [-0.3, -0.25) is 0 Å². The summed E-state index contributed by atoms with van der Waals surface area (Å²) in [6, 6.07) is 23.7. The van der Waals surface area contributed by atoms with E-state index in [9.17, 15) is 9.90 Å². The van der Waals surface area contributed by atoms with Gasteiger partial charge in [0.2, 0.25) is 0 Å². The zero-order valence-electron chi connectivity index (χ0n) is 12.8. The Morgan fingerprint density at radius 3 is 1.88 bits per heavy atom.